The van der Waals surface area contributed by atoms with Crippen molar-refractivity contribution in [2.75, 3.05) is 11.4 Å². The molecule has 0 heterocycles. The first kappa shape index (κ1) is 20.0. The Balaban J connectivity index is 2.09. The van der Waals surface area contributed by atoms with Crippen LogP contribution in [-0.2, 0) is 27.2 Å². The van der Waals surface area contributed by atoms with Gasteiger partial charge in [-0.15, -0.1) is 0 Å². The molecule has 0 aliphatic carbocycles. The van der Waals surface area contributed by atoms with Crippen LogP contribution in [0.2, 0.25) is 0 Å². The predicted molar refractivity (Wildman–Crippen MR) is 97.1 cm³/mol. The van der Waals surface area contributed by atoms with E-state index in [1.54, 1.807) is 24.3 Å². The highest BCUT2D eigenvalue weighted by Crippen LogP contribution is 2.22. The summed E-state index contributed by atoms with van der Waals surface area (Å²) in [4.78, 5) is 2.02. The van der Waals surface area contributed by atoms with Gasteiger partial charge in [-0.25, -0.2) is 0 Å². The Morgan fingerprint density at radius 3 is 1.62 bits per heavy atom. The summed E-state index contributed by atoms with van der Waals surface area (Å²) >= 11 is 0. The summed E-state index contributed by atoms with van der Waals surface area (Å²) in [6, 6.07) is 12.9. The van der Waals surface area contributed by atoms with E-state index in [1.807, 2.05) is 11.8 Å². The number of rotatable bonds is 8. The molecule has 0 aromatic heterocycles. The van der Waals surface area contributed by atoms with E-state index >= 15 is 0 Å². The van der Waals surface area contributed by atoms with Crippen molar-refractivity contribution in [3.05, 3.63) is 54.1 Å². The topological polar surface area (TPSA) is 142 Å². The van der Waals surface area contributed by atoms with Crippen LogP contribution in [0.4, 0.5) is 5.69 Å². The minimum atomic E-state index is -4.06. The fourth-order valence-corrected chi connectivity index (χ4v) is 3.00. The third-order valence-corrected chi connectivity index (χ3v) is 4.15. The molecule has 2 aromatic carbocycles. The molecule has 0 radical (unpaired) electrons. The molecule has 0 saturated carbocycles. The summed E-state index contributed by atoms with van der Waals surface area (Å²) in [5, 5.41) is 9.65. The minimum Gasteiger partial charge on any atom is -0.371 e. The van der Waals surface area contributed by atoms with Crippen LogP contribution in [0.5, 0.6) is 11.5 Å². The molecule has 2 rings (SSSR count). The zero-order chi connectivity index (χ0) is 19.4. The molecule has 142 valence electrons. The van der Waals surface area contributed by atoms with E-state index in [9.17, 15) is 16.8 Å². The largest absolute Gasteiger partial charge is 0.380 e. The molecule has 9 nitrogen and oxygen atoms in total. The number of benzene rings is 2. The first-order chi connectivity index (χ1) is 12.1. The lowest BCUT2D eigenvalue weighted by Gasteiger charge is -2.23. The number of anilines is 1. The zero-order valence-corrected chi connectivity index (χ0v) is 15.5. The van der Waals surface area contributed by atoms with E-state index in [2.05, 4.69) is 8.37 Å². The maximum absolute atomic E-state index is 10.9. The summed E-state index contributed by atoms with van der Waals surface area (Å²) in [5.41, 5.74) is 1.76. The number of hydrogen-bond donors (Lipinski definition) is 2. The van der Waals surface area contributed by atoms with Crippen LogP contribution in [0, 0.1) is 0 Å². The Bertz CT molecular complexity index is 942. The molecule has 0 fully saturated rings. The minimum absolute atomic E-state index is 0.122. The molecule has 0 aliphatic heterocycles. The Morgan fingerprint density at radius 2 is 1.23 bits per heavy atom. The van der Waals surface area contributed by atoms with Gasteiger partial charge in [-0.05, 0) is 48.9 Å². The van der Waals surface area contributed by atoms with Crippen molar-refractivity contribution in [1.29, 1.82) is 0 Å². The summed E-state index contributed by atoms with van der Waals surface area (Å²) in [5.74, 6) is 0.251. The van der Waals surface area contributed by atoms with Crippen molar-refractivity contribution in [3.63, 3.8) is 0 Å². The molecule has 4 N–H and O–H groups in total. The van der Waals surface area contributed by atoms with Crippen molar-refractivity contribution in [1.82, 2.24) is 0 Å². The van der Waals surface area contributed by atoms with Gasteiger partial charge in [0.1, 0.15) is 11.5 Å². The summed E-state index contributed by atoms with van der Waals surface area (Å²) in [6.45, 7) is 3.19. The van der Waals surface area contributed by atoms with Crippen molar-refractivity contribution >= 4 is 26.3 Å². The first-order valence-corrected chi connectivity index (χ1v) is 10.4. The predicted octanol–water partition coefficient (Wildman–Crippen LogP) is 0.878. The second kappa shape index (κ2) is 7.91. The van der Waals surface area contributed by atoms with Gasteiger partial charge in [0.05, 0.1) is 0 Å². The molecule has 0 aliphatic rings. The second-order valence-electron chi connectivity index (χ2n) is 5.30. The van der Waals surface area contributed by atoms with E-state index in [0.717, 1.165) is 11.3 Å². The number of nitrogens with two attached hydrogens (primary N) is 2. The van der Waals surface area contributed by atoms with Crippen LogP contribution in [0.25, 0.3) is 0 Å². The lowest BCUT2D eigenvalue weighted by molar-refractivity contribution is 0.485. The third kappa shape index (κ3) is 6.52. The maximum Gasteiger partial charge on any atom is 0.380 e. The van der Waals surface area contributed by atoms with Gasteiger partial charge < -0.3 is 13.3 Å². The van der Waals surface area contributed by atoms with Gasteiger partial charge in [0.25, 0.3) is 0 Å². The quantitative estimate of drug-likeness (QED) is 0.668. The highest BCUT2D eigenvalue weighted by Gasteiger charge is 2.09. The Kier molecular flexibility index (Phi) is 6.08. The summed E-state index contributed by atoms with van der Waals surface area (Å²) in [6.07, 6.45) is 0. The van der Waals surface area contributed by atoms with Gasteiger partial charge in [-0.2, -0.15) is 27.1 Å². The molecule has 2 aromatic rings. The SMILES string of the molecule is CCN(Cc1ccc(OS(N)(=O)=O)cc1)c1ccc(OS(N)(=O)=O)cc1. The Morgan fingerprint density at radius 1 is 0.808 bits per heavy atom. The second-order valence-corrected chi connectivity index (χ2v) is 7.61. The van der Waals surface area contributed by atoms with Gasteiger partial charge in [-0.1, -0.05) is 12.1 Å². The number of hydrogen-bond acceptors (Lipinski definition) is 7. The van der Waals surface area contributed by atoms with Gasteiger partial charge in [0.15, 0.2) is 0 Å². The van der Waals surface area contributed by atoms with Crippen molar-refractivity contribution in [2.24, 2.45) is 10.3 Å². The van der Waals surface area contributed by atoms with Gasteiger partial charge >= 0.3 is 20.6 Å². The average molecular weight is 401 g/mol. The standard InChI is InChI=1S/C15H19N3O6S2/c1-2-18(13-5-9-15(10-6-13)24-26(17,21)22)11-12-3-7-14(8-4-12)23-25(16,19)20/h3-10H,2,11H2,1H3,(H2,16,19,20)(H2,17,21,22). The zero-order valence-electron chi connectivity index (χ0n) is 13.9. The van der Waals surface area contributed by atoms with Gasteiger partial charge in [0.2, 0.25) is 0 Å². The smallest absolute Gasteiger partial charge is 0.371 e. The van der Waals surface area contributed by atoms with E-state index < -0.39 is 20.6 Å². The number of nitrogens with zero attached hydrogens (tertiary/aromatic N) is 1. The maximum atomic E-state index is 10.9. The summed E-state index contributed by atoms with van der Waals surface area (Å²) in [7, 11) is -8.11. The average Bonchev–Trinajstić information content (AvgIpc) is 2.52. The fraction of sp³-hybridized carbons (Fsp3) is 0.200. The van der Waals surface area contributed by atoms with Crippen molar-refractivity contribution in [3.8, 4) is 11.5 Å². The highest BCUT2D eigenvalue weighted by atomic mass is 32.2. The molecule has 11 heteroatoms. The molecular weight excluding hydrogens is 382 g/mol. The monoisotopic (exact) mass is 401 g/mol. The van der Waals surface area contributed by atoms with E-state index in [-0.39, 0.29) is 11.5 Å². The van der Waals surface area contributed by atoms with Crippen LogP contribution >= 0.6 is 0 Å². The molecule has 0 atom stereocenters. The lowest BCUT2D eigenvalue weighted by Crippen LogP contribution is -2.22. The molecule has 26 heavy (non-hydrogen) atoms. The molecular formula is C15H19N3O6S2. The summed E-state index contributed by atoms with van der Waals surface area (Å²) < 4.78 is 52.8. The molecule has 0 spiro atoms. The molecule has 0 unspecified atom stereocenters. The normalized spacial score (nSPS) is 11.8. The Hall–Kier alpha value is -2.34. The van der Waals surface area contributed by atoms with Crippen molar-refractivity contribution in [2.45, 2.75) is 13.5 Å². The van der Waals surface area contributed by atoms with E-state index in [4.69, 9.17) is 10.3 Å². The van der Waals surface area contributed by atoms with Gasteiger partial charge in [0, 0.05) is 18.8 Å². The van der Waals surface area contributed by atoms with Crippen LogP contribution in [0.3, 0.4) is 0 Å². The van der Waals surface area contributed by atoms with E-state index in [0.29, 0.717) is 13.1 Å². The van der Waals surface area contributed by atoms with Gasteiger partial charge in [-0.3, -0.25) is 0 Å². The van der Waals surface area contributed by atoms with Crippen molar-refractivity contribution < 1.29 is 25.2 Å². The third-order valence-electron chi connectivity index (χ3n) is 3.31. The first-order valence-electron chi connectivity index (χ1n) is 7.44. The van der Waals surface area contributed by atoms with Crippen LogP contribution < -0.4 is 23.5 Å². The van der Waals surface area contributed by atoms with Crippen LogP contribution in [0.1, 0.15) is 12.5 Å². The molecule has 0 saturated heterocycles. The Labute approximate surface area is 152 Å². The molecule has 0 bridgehead atoms. The fourth-order valence-electron chi connectivity index (χ4n) is 2.24. The van der Waals surface area contributed by atoms with E-state index in [1.165, 1.54) is 24.3 Å². The van der Waals surface area contributed by atoms with Crippen LogP contribution in [0.15, 0.2) is 48.5 Å². The van der Waals surface area contributed by atoms with Crippen LogP contribution in [-0.4, -0.2) is 23.4 Å². The lowest BCUT2D eigenvalue weighted by atomic mass is 10.2. The molecule has 0 amide bonds. The highest BCUT2D eigenvalue weighted by molar-refractivity contribution is 7.85.